The van der Waals surface area contributed by atoms with E-state index in [-0.39, 0.29) is 6.42 Å². The molecule has 3 aromatic carbocycles. The molecule has 0 saturated carbocycles. The number of piperazine rings is 1. The van der Waals surface area contributed by atoms with Crippen molar-refractivity contribution in [1.29, 1.82) is 0 Å². The number of rotatable bonds is 11. The van der Waals surface area contributed by atoms with Crippen LogP contribution in [0.4, 0.5) is 0 Å². The van der Waals surface area contributed by atoms with Crippen LogP contribution in [0, 0.1) is 0 Å². The average Bonchev–Trinajstić information content (AvgIpc) is 2.97. The van der Waals surface area contributed by atoms with Gasteiger partial charge in [0.15, 0.2) is 0 Å². The monoisotopic (exact) mass is 524 g/mol. The molecule has 0 aliphatic carbocycles. The molecule has 1 fully saturated rings. The molecule has 3 aromatic rings. The van der Waals surface area contributed by atoms with Crippen molar-refractivity contribution in [3.63, 3.8) is 0 Å². The predicted molar refractivity (Wildman–Crippen MR) is 155 cm³/mol. The zero-order chi connectivity index (χ0) is 27.6. The molecule has 4 rings (SSSR count). The standard InChI is InChI=1S/C32H36N4O3/c1-2-35-18-20-36(21-19-35)23-26-14-12-24(13-15-26)16-17-27-10-6-7-11-28(27)32(39)34-29(30(37)31(33)38)22-25-8-4-3-5-9-25/h3-17,29H,2,18-23H2,1H3,(H2,33,38)(H,34,39). The maximum Gasteiger partial charge on any atom is 0.287 e. The Kier molecular flexibility index (Phi) is 9.78. The summed E-state index contributed by atoms with van der Waals surface area (Å²) in [4.78, 5) is 42.3. The summed E-state index contributed by atoms with van der Waals surface area (Å²) in [5.41, 5.74) is 9.50. The Bertz CT molecular complexity index is 1300. The molecular formula is C32H36N4O3. The number of nitrogens with one attached hydrogen (secondary N) is 1. The van der Waals surface area contributed by atoms with Crippen LogP contribution < -0.4 is 11.1 Å². The lowest BCUT2D eigenvalue weighted by Gasteiger charge is -2.34. The number of amides is 2. The summed E-state index contributed by atoms with van der Waals surface area (Å²) in [5, 5.41) is 2.72. The fraction of sp³-hybridized carbons (Fsp3) is 0.281. The van der Waals surface area contributed by atoms with Crippen molar-refractivity contribution in [2.45, 2.75) is 25.9 Å². The predicted octanol–water partition coefficient (Wildman–Crippen LogP) is 3.39. The molecular weight excluding hydrogens is 488 g/mol. The molecule has 39 heavy (non-hydrogen) atoms. The van der Waals surface area contributed by atoms with E-state index in [4.69, 9.17) is 5.73 Å². The Hall–Kier alpha value is -4.07. The topological polar surface area (TPSA) is 95.7 Å². The van der Waals surface area contributed by atoms with Crippen LogP contribution in [0.3, 0.4) is 0 Å². The van der Waals surface area contributed by atoms with Crippen LogP contribution >= 0.6 is 0 Å². The van der Waals surface area contributed by atoms with Gasteiger partial charge in [-0.3, -0.25) is 19.3 Å². The summed E-state index contributed by atoms with van der Waals surface area (Å²) in [6.45, 7) is 8.68. The Morgan fingerprint density at radius 1 is 0.821 bits per heavy atom. The average molecular weight is 525 g/mol. The second kappa shape index (κ2) is 13.6. The first kappa shape index (κ1) is 28.0. The highest BCUT2D eigenvalue weighted by Gasteiger charge is 2.26. The molecule has 0 spiro atoms. The van der Waals surface area contributed by atoms with Crippen LogP contribution in [0.1, 0.15) is 39.5 Å². The molecule has 2 amide bonds. The minimum atomic E-state index is -1.07. The van der Waals surface area contributed by atoms with Gasteiger partial charge in [0.2, 0.25) is 5.78 Å². The first-order valence-corrected chi connectivity index (χ1v) is 13.4. The maximum atomic E-state index is 13.2. The second-order valence-electron chi connectivity index (χ2n) is 9.82. The van der Waals surface area contributed by atoms with Crippen molar-refractivity contribution in [1.82, 2.24) is 15.1 Å². The Balaban J connectivity index is 1.42. The summed E-state index contributed by atoms with van der Waals surface area (Å²) < 4.78 is 0. The molecule has 7 heteroatoms. The van der Waals surface area contributed by atoms with E-state index in [0.717, 1.165) is 50.4 Å². The number of benzene rings is 3. The van der Waals surface area contributed by atoms with Gasteiger partial charge < -0.3 is 16.0 Å². The Morgan fingerprint density at radius 3 is 2.13 bits per heavy atom. The number of Topliss-reactive ketones (excluding diaryl/α,β-unsaturated/α-hetero) is 1. The molecule has 7 nitrogen and oxygen atoms in total. The van der Waals surface area contributed by atoms with E-state index in [9.17, 15) is 14.4 Å². The maximum absolute atomic E-state index is 13.2. The van der Waals surface area contributed by atoms with Gasteiger partial charge in [-0.2, -0.15) is 0 Å². The van der Waals surface area contributed by atoms with E-state index in [2.05, 4.69) is 46.3 Å². The number of nitrogens with zero attached hydrogens (tertiary/aromatic N) is 2. The van der Waals surface area contributed by atoms with Crippen LogP contribution in [0.5, 0.6) is 0 Å². The van der Waals surface area contributed by atoms with Crippen molar-refractivity contribution < 1.29 is 14.4 Å². The van der Waals surface area contributed by atoms with E-state index in [1.54, 1.807) is 12.1 Å². The highest BCUT2D eigenvalue weighted by Crippen LogP contribution is 2.16. The van der Waals surface area contributed by atoms with Crippen LogP contribution in [0.2, 0.25) is 0 Å². The number of nitrogens with two attached hydrogens (primary N) is 1. The minimum absolute atomic E-state index is 0.174. The molecule has 1 heterocycles. The Morgan fingerprint density at radius 2 is 1.46 bits per heavy atom. The van der Waals surface area contributed by atoms with Gasteiger partial charge >= 0.3 is 0 Å². The van der Waals surface area contributed by atoms with Gasteiger partial charge in [-0.05, 0) is 34.9 Å². The zero-order valence-electron chi connectivity index (χ0n) is 22.4. The Labute approximate surface area is 230 Å². The lowest BCUT2D eigenvalue weighted by atomic mass is 10.00. The molecule has 1 atom stereocenters. The first-order chi connectivity index (χ1) is 18.9. The van der Waals surface area contributed by atoms with Gasteiger partial charge in [0.25, 0.3) is 11.8 Å². The van der Waals surface area contributed by atoms with E-state index in [1.165, 1.54) is 5.56 Å². The SMILES string of the molecule is CCN1CCN(Cc2ccc(C=Cc3ccccc3C(=O)NC(Cc3ccccc3)C(=O)C(N)=O)cc2)CC1. The van der Waals surface area contributed by atoms with Gasteiger partial charge in [-0.15, -0.1) is 0 Å². The molecule has 0 aromatic heterocycles. The van der Waals surface area contributed by atoms with Crippen LogP contribution in [0.15, 0.2) is 78.9 Å². The molecule has 0 radical (unpaired) electrons. The van der Waals surface area contributed by atoms with Gasteiger partial charge in [0.1, 0.15) is 6.04 Å². The quantitative estimate of drug-likeness (QED) is 0.296. The van der Waals surface area contributed by atoms with Crippen molar-refractivity contribution in [2.75, 3.05) is 32.7 Å². The normalized spacial score (nSPS) is 15.2. The number of likely N-dealkylation sites (N-methyl/N-ethyl adjacent to an activating group) is 1. The number of ketones is 1. The number of carbonyl (C=O) groups is 3. The molecule has 3 N–H and O–H groups in total. The fourth-order valence-electron chi connectivity index (χ4n) is 4.76. The highest BCUT2D eigenvalue weighted by molar-refractivity contribution is 6.38. The number of hydrogen-bond donors (Lipinski definition) is 2. The van der Waals surface area contributed by atoms with Crippen LogP contribution in [0.25, 0.3) is 12.2 Å². The molecule has 202 valence electrons. The van der Waals surface area contributed by atoms with E-state index in [1.807, 2.05) is 54.6 Å². The van der Waals surface area contributed by atoms with Crippen molar-refractivity contribution in [3.8, 4) is 0 Å². The van der Waals surface area contributed by atoms with Crippen molar-refractivity contribution >= 4 is 29.7 Å². The smallest absolute Gasteiger partial charge is 0.287 e. The summed E-state index contributed by atoms with van der Waals surface area (Å²) in [7, 11) is 0. The molecule has 0 bridgehead atoms. The molecule has 1 unspecified atom stereocenters. The number of carbonyl (C=O) groups excluding carboxylic acids is 3. The third kappa shape index (κ3) is 7.96. The summed E-state index contributed by atoms with van der Waals surface area (Å²) in [6, 6.07) is 23.8. The van der Waals surface area contributed by atoms with Gasteiger partial charge in [-0.25, -0.2) is 0 Å². The van der Waals surface area contributed by atoms with E-state index in [0.29, 0.717) is 11.1 Å². The lowest BCUT2D eigenvalue weighted by Crippen LogP contribution is -2.47. The largest absolute Gasteiger partial charge is 0.363 e. The van der Waals surface area contributed by atoms with E-state index >= 15 is 0 Å². The minimum Gasteiger partial charge on any atom is -0.363 e. The number of primary amides is 1. The summed E-state index contributed by atoms with van der Waals surface area (Å²) in [5.74, 6) is -2.34. The third-order valence-corrected chi connectivity index (χ3v) is 7.11. The number of hydrogen-bond acceptors (Lipinski definition) is 5. The van der Waals surface area contributed by atoms with Gasteiger partial charge in [0.05, 0.1) is 0 Å². The molecule has 1 aliphatic heterocycles. The summed E-state index contributed by atoms with van der Waals surface area (Å²) >= 11 is 0. The first-order valence-electron chi connectivity index (χ1n) is 13.4. The fourth-order valence-corrected chi connectivity index (χ4v) is 4.76. The third-order valence-electron chi connectivity index (χ3n) is 7.11. The summed E-state index contributed by atoms with van der Waals surface area (Å²) in [6.07, 6.45) is 4.02. The molecule has 1 saturated heterocycles. The van der Waals surface area contributed by atoms with Crippen molar-refractivity contribution in [3.05, 3.63) is 107 Å². The van der Waals surface area contributed by atoms with Crippen LogP contribution in [-0.4, -0.2) is 66.2 Å². The van der Waals surface area contributed by atoms with Crippen LogP contribution in [-0.2, 0) is 22.6 Å². The van der Waals surface area contributed by atoms with Crippen molar-refractivity contribution in [2.24, 2.45) is 5.73 Å². The lowest BCUT2D eigenvalue weighted by molar-refractivity contribution is -0.137. The van der Waals surface area contributed by atoms with Gasteiger partial charge in [0, 0.05) is 44.7 Å². The van der Waals surface area contributed by atoms with E-state index < -0.39 is 23.6 Å². The van der Waals surface area contributed by atoms with Gasteiger partial charge in [-0.1, -0.05) is 91.9 Å². The molecule has 1 aliphatic rings. The highest BCUT2D eigenvalue weighted by atomic mass is 16.2. The second-order valence-corrected chi connectivity index (χ2v) is 9.82. The zero-order valence-corrected chi connectivity index (χ0v) is 22.4.